The number of hydrogen-bond donors (Lipinski definition) is 0. The van der Waals surface area contributed by atoms with Gasteiger partial charge < -0.3 is 9.80 Å². The number of amides is 1. The quantitative estimate of drug-likeness (QED) is 0.860. The van der Waals surface area contributed by atoms with Gasteiger partial charge in [0.2, 0.25) is 0 Å². The summed E-state index contributed by atoms with van der Waals surface area (Å²) < 4.78 is 2.05. The molecule has 0 unspecified atom stereocenters. The van der Waals surface area contributed by atoms with Gasteiger partial charge in [-0.05, 0) is 44.9 Å². The molecule has 0 bridgehead atoms. The highest BCUT2D eigenvalue weighted by molar-refractivity contribution is 5.92. The summed E-state index contributed by atoms with van der Waals surface area (Å²) in [6, 6.07) is 5.87. The summed E-state index contributed by atoms with van der Waals surface area (Å²) in [6.45, 7) is 5.48. The fourth-order valence-corrected chi connectivity index (χ4v) is 3.19. The van der Waals surface area contributed by atoms with Crippen LogP contribution in [-0.4, -0.2) is 58.0 Å². The summed E-state index contributed by atoms with van der Waals surface area (Å²) in [6.07, 6.45) is 2.01. The molecule has 3 rings (SSSR count). The molecule has 7 heteroatoms. The molecule has 1 aliphatic heterocycles. The number of carbonyl (C=O) groups excluding carboxylic acids is 1. The van der Waals surface area contributed by atoms with Gasteiger partial charge in [-0.3, -0.25) is 9.48 Å². The Hall–Kier alpha value is -2.44. The molecule has 7 nitrogen and oxygen atoms in total. The minimum absolute atomic E-state index is 0.0564. The van der Waals surface area contributed by atoms with Crippen LogP contribution in [0.5, 0.6) is 0 Å². The smallest absolute Gasteiger partial charge is 0.274 e. The van der Waals surface area contributed by atoms with Gasteiger partial charge in [0.15, 0.2) is 11.5 Å². The van der Waals surface area contributed by atoms with E-state index in [0.29, 0.717) is 12.2 Å². The zero-order chi connectivity index (χ0) is 17.3. The van der Waals surface area contributed by atoms with Gasteiger partial charge in [-0.25, -0.2) is 0 Å². The first-order chi connectivity index (χ1) is 11.5. The Balaban J connectivity index is 1.74. The third-order valence-corrected chi connectivity index (χ3v) is 4.40. The second-order valence-corrected chi connectivity index (χ2v) is 6.59. The summed E-state index contributed by atoms with van der Waals surface area (Å²) in [4.78, 5) is 16.5. The van der Waals surface area contributed by atoms with Crippen LogP contribution in [0.25, 0.3) is 0 Å². The lowest BCUT2D eigenvalue weighted by Crippen LogP contribution is -2.41. The predicted molar refractivity (Wildman–Crippen MR) is 92.2 cm³/mol. The minimum Gasteiger partial charge on any atom is -0.361 e. The maximum absolute atomic E-state index is 12.7. The summed E-state index contributed by atoms with van der Waals surface area (Å²) in [5, 5.41) is 12.8. The molecule has 0 saturated carbocycles. The van der Waals surface area contributed by atoms with E-state index in [4.69, 9.17) is 0 Å². The van der Waals surface area contributed by atoms with E-state index < -0.39 is 0 Å². The number of hydrogen-bond acceptors (Lipinski definition) is 5. The average molecular weight is 328 g/mol. The van der Waals surface area contributed by atoms with E-state index >= 15 is 0 Å². The van der Waals surface area contributed by atoms with Gasteiger partial charge in [-0.1, -0.05) is 0 Å². The van der Waals surface area contributed by atoms with E-state index in [1.165, 1.54) is 0 Å². The van der Waals surface area contributed by atoms with Crippen LogP contribution >= 0.6 is 0 Å². The van der Waals surface area contributed by atoms with Crippen LogP contribution in [0, 0.1) is 13.8 Å². The normalized spacial score (nSPS) is 17.8. The Kier molecular flexibility index (Phi) is 4.51. The molecule has 1 atom stereocenters. The summed E-state index contributed by atoms with van der Waals surface area (Å²) in [5.41, 5.74) is 2.55. The van der Waals surface area contributed by atoms with Crippen molar-refractivity contribution >= 4 is 11.7 Å². The Morgan fingerprint density at radius 1 is 1.25 bits per heavy atom. The molecule has 0 aromatic carbocycles. The van der Waals surface area contributed by atoms with Crippen molar-refractivity contribution in [3.63, 3.8) is 0 Å². The fraction of sp³-hybridized carbons (Fsp3) is 0.529. The van der Waals surface area contributed by atoms with Crippen LogP contribution < -0.4 is 4.90 Å². The zero-order valence-electron chi connectivity index (χ0n) is 14.7. The van der Waals surface area contributed by atoms with Crippen molar-refractivity contribution in [2.75, 3.05) is 32.1 Å². The molecule has 2 aromatic rings. The molecule has 0 aliphatic carbocycles. The van der Waals surface area contributed by atoms with E-state index in [-0.39, 0.29) is 11.9 Å². The largest absolute Gasteiger partial charge is 0.361 e. The van der Waals surface area contributed by atoms with Gasteiger partial charge in [0.25, 0.3) is 5.91 Å². The number of nitrogens with zero attached hydrogens (tertiary/aromatic N) is 6. The van der Waals surface area contributed by atoms with Crippen molar-refractivity contribution in [3.05, 3.63) is 35.3 Å². The lowest BCUT2D eigenvalue weighted by atomic mass is 10.1. The molecular formula is C17H24N6O. The Labute approximate surface area is 142 Å². The highest BCUT2D eigenvalue weighted by atomic mass is 16.2. The lowest BCUT2D eigenvalue weighted by molar-refractivity contribution is 0.0664. The van der Waals surface area contributed by atoms with Crippen LogP contribution in [0.1, 0.15) is 40.8 Å². The Bertz CT molecular complexity index is 721. The minimum atomic E-state index is -0.0564. The molecule has 1 fully saturated rings. The standard InChI is InChI=1S/C17H24N6O/c1-12-10-13(2)23(20-12)14-6-5-9-22(11-14)17(24)15-7-8-16(19-18-15)21(3)4/h7-8,10,14H,5-6,9,11H2,1-4H3/t14-/m1/s1. The highest BCUT2D eigenvalue weighted by Crippen LogP contribution is 2.24. The maximum atomic E-state index is 12.7. The van der Waals surface area contributed by atoms with Crippen molar-refractivity contribution in [1.29, 1.82) is 0 Å². The number of likely N-dealkylation sites (tertiary alicyclic amines) is 1. The molecule has 24 heavy (non-hydrogen) atoms. The summed E-state index contributed by atoms with van der Waals surface area (Å²) >= 11 is 0. The second-order valence-electron chi connectivity index (χ2n) is 6.59. The zero-order valence-corrected chi connectivity index (χ0v) is 14.7. The van der Waals surface area contributed by atoms with Crippen molar-refractivity contribution in [2.24, 2.45) is 0 Å². The van der Waals surface area contributed by atoms with Gasteiger partial charge >= 0.3 is 0 Å². The number of aryl methyl sites for hydroxylation is 2. The molecular weight excluding hydrogens is 304 g/mol. The lowest BCUT2D eigenvalue weighted by Gasteiger charge is -2.33. The first-order valence-corrected chi connectivity index (χ1v) is 8.29. The van der Waals surface area contributed by atoms with Crippen LogP contribution in [0.3, 0.4) is 0 Å². The number of anilines is 1. The van der Waals surface area contributed by atoms with Crippen molar-refractivity contribution in [1.82, 2.24) is 24.9 Å². The molecule has 128 valence electrons. The maximum Gasteiger partial charge on any atom is 0.274 e. The molecule has 0 N–H and O–H groups in total. The van der Waals surface area contributed by atoms with Gasteiger partial charge in [0, 0.05) is 32.9 Å². The number of piperidine rings is 1. The van der Waals surface area contributed by atoms with Crippen LogP contribution in [0.15, 0.2) is 18.2 Å². The average Bonchev–Trinajstić information content (AvgIpc) is 2.93. The van der Waals surface area contributed by atoms with E-state index in [1.54, 1.807) is 6.07 Å². The van der Waals surface area contributed by atoms with Gasteiger partial charge in [0.05, 0.1) is 11.7 Å². The van der Waals surface area contributed by atoms with E-state index in [0.717, 1.165) is 36.6 Å². The summed E-state index contributed by atoms with van der Waals surface area (Å²) in [7, 11) is 3.80. The van der Waals surface area contributed by atoms with Crippen LogP contribution in [0.4, 0.5) is 5.82 Å². The number of rotatable bonds is 3. The van der Waals surface area contributed by atoms with Crippen LogP contribution in [-0.2, 0) is 0 Å². The molecule has 1 saturated heterocycles. The molecule has 0 radical (unpaired) electrons. The molecule has 0 spiro atoms. The molecule has 3 heterocycles. The van der Waals surface area contributed by atoms with Gasteiger partial charge in [-0.2, -0.15) is 5.10 Å². The van der Waals surface area contributed by atoms with Crippen molar-refractivity contribution in [2.45, 2.75) is 32.7 Å². The van der Waals surface area contributed by atoms with Crippen molar-refractivity contribution < 1.29 is 4.79 Å². The van der Waals surface area contributed by atoms with E-state index in [2.05, 4.69) is 33.0 Å². The molecule has 2 aromatic heterocycles. The molecule has 1 aliphatic rings. The second kappa shape index (κ2) is 6.59. The third-order valence-electron chi connectivity index (χ3n) is 4.40. The monoisotopic (exact) mass is 328 g/mol. The Morgan fingerprint density at radius 2 is 2.04 bits per heavy atom. The first kappa shape index (κ1) is 16.4. The highest BCUT2D eigenvalue weighted by Gasteiger charge is 2.27. The Morgan fingerprint density at radius 3 is 2.62 bits per heavy atom. The topological polar surface area (TPSA) is 67.2 Å². The number of aromatic nitrogens is 4. The van der Waals surface area contributed by atoms with Crippen LogP contribution in [0.2, 0.25) is 0 Å². The SMILES string of the molecule is Cc1cc(C)n([C@@H]2CCCN(C(=O)c3ccc(N(C)C)nn3)C2)n1. The predicted octanol–water partition coefficient (Wildman–Crippen LogP) is 1.83. The van der Waals surface area contributed by atoms with Gasteiger partial charge in [-0.15, -0.1) is 10.2 Å². The van der Waals surface area contributed by atoms with E-state index in [9.17, 15) is 4.79 Å². The number of carbonyl (C=O) groups is 1. The third kappa shape index (κ3) is 3.25. The van der Waals surface area contributed by atoms with Gasteiger partial charge in [0.1, 0.15) is 0 Å². The van der Waals surface area contributed by atoms with Crippen molar-refractivity contribution in [3.8, 4) is 0 Å². The first-order valence-electron chi connectivity index (χ1n) is 8.29. The van der Waals surface area contributed by atoms with E-state index in [1.807, 2.05) is 36.9 Å². The fourth-order valence-electron chi connectivity index (χ4n) is 3.19. The summed E-state index contributed by atoms with van der Waals surface area (Å²) in [5.74, 6) is 0.685. The molecule has 1 amide bonds.